The highest BCUT2D eigenvalue weighted by Gasteiger charge is 2.17. The summed E-state index contributed by atoms with van der Waals surface area (Å²) in [6, 6.07) is 0. The van der Waals surface area contributed by atoms with Gasteiger partial charge >= 0.3 is 5.97 Å². The number of esters is 1. The summed E-state index contributed by atoms with van der Waals surface area (Å²) >= 11 is 7.04. The standard InChI is InChI=1S/C10H15ClN2O2S/c1-4-6(2)5-12-10-13-8(11)7(16-10)9(14)15-3/h6H,4-5H2,1-3H3,(H,12,13). The van der Waals surface area contributed by atoms with Crippen molar-refractivity contribution in [2.24, 2.45) is 5.92 Å². The molecule has 1 rings (SSSR count). The molecule has 1 unspecified atom stereocenters. The van der Waals surface area contributed by atoms with Gasteiger partial charge in [0.25, 0.3) is 0 Å². The molecule has 1 aromatic rings. The van der Waals surface area contributed by atoms with E-state index in [1.807, 2.05) is 0 Å². The first-order valence-electron chi connectivity index (χ1n) is 5.07. The van der Waals surface area contributed by atoms with Crippen LogP contribution in [0.2, 0.25) is 5.15 Å². The predicted octanol–water partition coefficient (Wildman–Crippen LogP) is 3.04. The van der Waals surface area contributed by atoms with Crippen molar-refractivity contribution in [3.63, 3.8) is 0 Å². The molecule has 1 atom stereocenters. The van der Waals surface area contributed by atoms with Crippen LogP contribution in [0.5, 0.6) is 0 Å². The molecule has 1 N–H and O–H groups in total. The van der Waals surface area contributed by atoms with Crippen molar-refractivity contribution >= 4 is 34.0 Å². The molecule has 0 aliphatic rings. The average molecular weight is 263 g/mol. The second kappa shape index (κ2) is 6.06. The minimum absolute atomic E-state index is 0.198. The fourth-order valence-electron chi connectivity index (χ4n) is 1.00. The molecule has 0 aliphatic heterocycles. The molecular formula is C10H15ClN2O2S. The first-order valence-corrected chi connectivity index (χ1v) is 6.26. The second-order valence-electron chi connectivity index (χ2n) is 3.52. The van der Waals surface area contributed by atoms with E-state index in [0.717, 1.165) is 13.0 Å². The van der Waals surface area contributed by atoms with Crippen molar-refractivity contribution in [3.8, 4) is 0 Å². The third kappa shape index (κ3) is 3.35. The van der Waals surface area contributed by atoms with Crippen LogP contribution in [-0.4, -0.2) is 24.6 Å². The van der Waals surface area contributed by atoms with Crippen LogP contribution in [0, 0.1) is 5.92 Å². The van der Waals surface area contributed by atoms with Gasteiger partial charge in [0.1, 0.15) is 0 Å². The Morgan fingerprint density at radius 1 is 1.69 bits per heavy atom. The van der Waals surface area contributed by atoms with Crippen molar-refractivity contribution in [3.05, 3.63) is 10.0 Å². The van der Waals surface area contributed by atoms with Crippen LogP contribution < -0.4 is 5.32 Å². The Kier molecular flexibility index (Phi) is 5.02. The summed E-state index contributed by atoms with van der Waals surface area (Å²) in [7, 11) is 1.32. The molecule has 0 aromatic carbocycles. The van der Waals surface area contributed by atoms with E-state index in [1.165, 1.54) is 18.4 Å². The van der Waals surface area contributed by atoms with Crippen molar-refractivity contribution < 1.29 is 9.53 Å². The molecule has 6 heteroatoms. The highest BCUT2D eigenvalue weighted by molar-refractivity contribution is 7.18. The van der Waals surface area contributed by atoms with E-state index in [4.69, 9.17) is 11.6 Å². The Bertz CT molecular complexity index is 368. The van der Waals surface area contributed by atoms with Gasteiger partial charge in [-0.3, -0.25) is 0 Å². The predicted molar refractivity (Wildman–Crippen MR) is 66.4 cm³/mol. The molecule has 16 heavy (non-hydrogen) atoms. The summed E-state index contributed by atoms with van der Waals surface area (Å²) < 4.78 is 4.60. The van der Waals surface area contributed by atoms with E-state index in [-0.39, 0.29) is 5.15 Å². The van der Waals surface area contributed by atoms with Crippen molar-refractivity contribution in [2.45, 2.75) is 20.3 Å². The number of halogens is 1. The van der Waals surface area contributed by atoms with Crippen LogP contribution in [0.25, 0.3) is 0 Å². The number of nitrogens with one attached hydrogen (secondary N) is 1. The summed E-state index contributed by atoms with van der Waals surface area (Å²) in [6.45, 7) is 5.09. The lowest BCUT2D eigenvalue weighted by Crippen LogP contribution is -2.09. The smallest absolute Gasteiger partial charge is 0.351 e. The van der Waals surface area contributed by atoms with Crippen LogP contribution in [0.15, 0.2) is 0 Å². The van der Waals surface area contributed by atoms with Crippen LogP contribution in [-0.2, 0) is 4.74 Å². The Hall–Kier alpha value is -0.810. The van der Waals surface area contributed by atoms with Crippen molar-refractivity contribution in [1.82, 2.24) is 4.98 Å². The van der Waals surface area contributed by atoms with Gasteiger partial charge in [0, 0.05) is 6.54 Å². The van der Waals surface area contributed by atoms with E-state index in [9.17, 15) is 4.79 Å². The number of rotatable bonds is 5. The van der Waals surface area contributed by atoms with Gasteiger partial charge in [-0.2, -0.15) is 0 Å². The number of carbonyl (C=O) groups is 1. The number of nitrogens with zero attached hydrogens (tertiary/aromatic N) is 1. The quantitative estimate of drug-likeness (QED) is 0.829. The molecule has 0 spiro atoms. The van der Waals surface area contributed by atoms with Crippen LogP contribution in [0.3, 0.4) is 0 Å². The zero-order valence-electron chi connectivity index (χ0n) is 9.54. The second-order valence-corrected chi connectivity index (χ2v) is 4.88. The van der Waals surface area contributed by atoms with Gasteiger partial charge in [-0.1, -0.05) is 43.2 Å². The van der Waals surface area contributed by atoms with Gasteiger partial charge in [-0.25, -0.2) is 9.78 Å². The largest absolute Gasteiger partial charge is 0.465 e. The van der Waals surface area contributed by atoms with Gasteiger partial charge in [-0.15, -0.1) is 0 Å². The molecule has 4 nitrogen and oxygen atoms in total. The maximum absolute atomic E-state index is 11.3. The molecule has 0 fully saturated rings. The molecule has 0 saturated heterocycles. The van der Waals surface area contributed by atoms with Crippen LogP contribution in [0.4, 0.5) is 5.13 Å². The topological polar surface area (TPSA) is 51.2 Å². The summed E-state index contributed by atoms with van der Waals surface area (Å²) in [6.07, 6.45) is 1.09. The average Bonchev–Trinajstić information content (AvgIpc) is 2.66. The number of hydrogen-bond acceptors (Lipinski definition) is 5. The minimum atomic E-state index is -0.445. The molecule has 90 valence electrons. The Morgan fingerprint density at radius 2 is 2.38 bits per heavy atom. The maximum atomic E-state index is 11.3. The molecule has 0 amide bonds. The molecule has 1 aromatic heterocycles. The Balaban J connectivity index is 2.66. The summed E-state index contributed by atoms with van der Waals surface area (Å²) in [5.74, 6) is 0.114. The van der Waals surface area contributed by atoms with Crippen LogP contribution in [0.1, 0.15) is 29.9 Å². The van der Waals surface area contributed by atoms with Crippen molar-refractivity contribution in [1.29, 1.82) is 0 Å². The van der Waals surface area contributed by atoms with Gasteiger partial charge in [0.05, 0.1) is 7.11 Å². The molecule has 0 radical (unpaired) electrons. The summed E-state index contributed by atoms with van der Waals surface area (Å²) in [4.78, 5) is 15.7. The molecule has 0 saturated carbocycles. The lowest BCUT2D eigenvalue weighted by Gasteiger charge is -2.07. The third-order valence-electron chi connectivity index (χ3n) is 2.26. The minimum Gasteiger partial charge on any atom is -0.465 e. The fraction of sp³-hybridized carbons (Fsp3) is 0.600. The van der Waals surface area contributed by atoms with E-state index < -0.39 is 5.97 Å². The zero-order chi connectivity index (χ0) is 12.1. The Morgan fingerprint density at radius 3 is 2.94 bits per heavy atom. The normalized spacial score (nSPS) is 12.2. The molecule has 0 bridgehead atoms. The number of thiazole rings is 1. The van der Waals surface area contributed by atoms with Gasteiger partial charge in [-0.05, 0) is 5.92 Å². The highest BCUT2D eigenvalue weighted by atomic mass is 35.5. The first-order chi connectivity index (χ1) is 7.58. The van der Waals surface area contributed by atoms with Crippen molar-refractivity contribution in [2.75, 3.05) is 19.0 Å². The maximum Gasteiger partial charge on any atom is 0.351 e. The van der Waals surface area contributed by atoms with Gasteiger partial charge < -0.3 is 10.1 Å². The van der Waals surface area contributed by atoms with E-state index in [0.29, 0.717) is 15.9 Å². The Labute approximate surface area is 104 Å². The first kappa shape index (κ1) is 13.3. The van der Waals surface area contributed by atoms with Crippen LogP contribution >= 0.6 is 22.9 Å². The lowest BCUT2D eigenvalue weighted by atomic mass is 10.1. The number of methoxy groups -OCH3 is 1. The monoisotopic (exact) mass is 262 g/mol. The molecular weight excluding hydrogens is 248 g/mol. The van der Waals surface area contributed by atoms with Gasteiger partial charge in [0.2, 0.25) is 0 Å². The third-order valence-corrected chi connectivity index (χ3v) is 3.63. The highest BCUT2D eigenvalue weighted by Crippen LogP contribution is 2.27. The number of ether oxygens (including phenoxy) is 1. The SMILES string of the molecule is CCC(C)CNc1nc(Cl)c(C(=O)OC)s1. The lowest BCUT2D eigenvalue weighted by molar-refractivity contribution is 0.0606. The summed E-state index contributed by atoms with van der Waals surface area (Å²) in [5, 5.41) is 4.01. The van der Waals surface area contributed by atoms with E-state index in [1.54, 1.807) is 0 Å². The van der Waals surface area contributed by atoms with E-state index >= 15 is 0 Å². The van der Waals surface area contributed by atoms with Gasteiger partial charge in [0.15, 0.2) is 15.2 Å². The molecule has 1 heterocycles. The zero-order valence-corrected chi connectivity index (χ0v) is 11.1. The summed E-state index contributed by atoms with van der Waals surface area (Å²) in [5.41, 5.74) is 0. The number of hydrogen-bond donors (Lipinski definition) is 1. The number of aromatic nitrogens is 1. The fourth-order valence-corrected chi connectivity index (χ4v) is 2.11. The molecule has 0 aliphatic carbocycles. The number of anilines is 1. The number of carbonyl (C=O) groups excluding carboxylic acids is 1. The van der Waals surface area contributed by atoms with E-state index in [2.05, 4.69) is 28.9 Å².